The summed E-state index contributed by atoms with van der Waals surface area (Å²) in [5.74, 6) is 0.930. The fourth-order valence-electron chi connectivity index (χ4n) is 3.39. The third-order valence-electron chi connectivity index (χ3n) is 4.83. The number of hydrogen-bond donors (Lipinski definition) is 1. The highest BCUT2D eigenvalue weighted by atomic mass is 35.5. The standard InChI is InChI=1S/C17H26ClNO/c1-4-11-19-15-12-16(17(15,5-2)6-3)20-14-9-7-13(18)8-10-14/h7-10,15-16,19H,4-6,11-12H2,1-3H3. The van der Waals surface area contributed by atoms with Gasteiger partial charge in [-0.25, -0.2) is 0 Å². The van der Waals surface area contributed by atoms with Crippen molar-refractivity contribution in [3.8, 4) is 5.75 Å². The van der Waals surface area contributed by atoms with Crippen LogP contribution in [-0.4, -0.2) is 18.7 Å². The van der Waals surface area contributed by atoms with Crippen molar-refractivity contribution >= 4 is 11.6 Å². The lowest BCUT2D eigenvalue weighted by Gasteiger charge is -2.55. The van der Waals surface area contributed by atoms with Gasteiger partial charge in [0.05, 0.1) is 0 Å². The zero-order valence-corrected chi connectivity index (χ0v) is 13.5. The Bertz CT molecular complexity index is 414. The van der Waals surface area contributed by atoms with Gasteiger partial charge in [0.2, 0.25) is 0 Å². The number of rotatable bonds is 7. The van der Waals surface area contributed by atoms with Crippen molar-refractivity contribution in [2.75, 3.05) is 6.54 Å². The van der Waals surface area contributed by atoms with Crippen molar-refractivity contribution in [3.63, 3.8) is 0 Å². The average molecular weight is 296 g/mol. The summed E-state index contributed by atoms with van der Waals surface area (Å²) in [7, 11) is 0. The van der Waals surface area contributed by atoms with Crippen molar-refractivity contribution in [1.29, 1.82) is 0 Å². The van der Waals surface area contributed by atoms with Crippen LogP contribution in [0.15, 0.2) is 24.3 Å². The Labute approximate surface area is 127 Å². The molecule has 1 aromatic rings. The van der Waals surface area contributed by atoms with Crippen molar-refractivity contribution in [1.82, 2.24) is 5.32 Å². The minimum Gasteiger partial charge on any atom is -0.490 e. The van der Waals surface area contributed by atoms with Crippen molar-refractivity contribution in [2.24, 2.45) is 5.41 Å². The number of hydrogen-bond acceptors (Lipinski definition) is 2. The Morgan fingerprint density at radius 1 is 1.20 bits per heavy atom. The molecule has 0 heterocycles. The second-order valence-electron chi connectivity index (χ2n) is 5.74. The van der Waals surface area contributed by atoms with E-state index in [9.17, 15) is 0 Å². The van der Waals surface area contributed by atoms with Gasteiger partial charge in [-0.15, -0.1) is 0 Å². The zero-order valence-electron chi connectivity index (χ0n) is 12.8. The lowest BCUT2D eigenvalue weighted by molar-refractivity contribution is -0.0858. The Morgan fingerprint density at radius 3 is 2.40 bits per heavy atom. The van der Waals surface area contributed by atoms with Crippen LogP contribution in [0, 0.1) is 5.41 Å². The molecule has 0 aliphatic heterocycles. The minimum absolute atomic E-state index is 0.273. The molecule has 1 N–H and O–H groups in total. The van der Waals surface area contributed by atoms with Crippen LogP contribution >= 0.6 is 11.6 Å². The van der Waals surface area contributed by atoms with E-state index in [4.69, 9.17) is 16.3 Å². The van der Waals surface area contributed by atoms with Crippen LogP contribution in [0.3, 0.4) is 0 Å². The predicted octanol–water partition coefficient (Wildman–Crippen LogP) is 4.67. The number of ether oxygens (including phenoxy) is 1. The maximum atomic E-state index is 6.21. The van der Waals surface area contributed by atoms with E-state index in [1.54, 1.807) is 0 Å². The second-order valence-corrected chi connectivity index (χ2v) is 6.18. The summed E-state index contributed by atoms with van der Waals surface area (Å²) in [4.78, 5) is 0. The SMILES string of the molecule is CCCNC1CC(Oc2ccc(Cl)cc2)C1(CC)CC. The van der Waals surface area contributed by atoms with Crippen LogP contribution < -0.4 is 10.1 Å². The third kappa shape index (κ3) is 2.96. The fraction of sp³-hybridized carbons (Fsp3) is 0.647. The van der Waals surface area contributed by atoms with Crippen LogP contribution in [0.4, 0.5) is 0 Å². The molecule has 2 rings (SSSR count). The molecule has 3 heteroatoms. The molecule has 1 saturated carbocycles. The summed E-state index contributed by atoms with van der Waals surface area (Å²) in [6.45, 7) is 7.87. The number of halogens is 1. The number of nitrogens with one attached hydrogen (secondary N) is 1. The van der Waals surface area contributed by atoms with Gasteiger partial charge in [0.25, 0.3) is 0 Å². The lowest BCUT2D eigenvalue weighted by atomic mass is 9.58. The van der Waals surface area contributed by atoms with Crippen LogP contribution in [-0.2, 0) is 0 Å². The first-order valence-electron chi connectivity index (χ1n) is 7.81. The second kappa shape index (κ2) is 6.82. The monoisotopic (exact) mass is 295 g/mol. The van der Waals surface area contributed by atoms with E-state index in [2.05, 4.69) is 26.1 Å². The third-order valence-corrected chi connectivity index (χ3v) is 5.09. The normalized spacial score (nSPS) is 24.2. The number of benzene rings is 1. The van der Waals surface area contributed by atoms with Gasteiger partial charge >= 0.3 is 0 Å². The van der Waals surface area contributed by atoms with E-state index >= 15 is 0 Å². The van der Waals surface area contributed by atoms with Gasteiger partial charge in [-0.1, -0.05) is 32.4 Å². The molecule has 1 fully saturated rings. The maximum Gasteiger partial charge on any atom is 0.119 e. The highest BCUT2D eigenvalue weighted by molar-refractivity contribution is 6.30. The molecule has 112 valence electrons. The molecule has 0 saturated heterocycles. The average Bonchev–Trinajstić information content (AvgIpc) is 2.45. The fourth-order valence-corrected chi connectivity index (χ4v) is 3.52. The van der Waals surface area contributed by atoms with E-state index in [1.165, 1.54) is 6.42 Å². The van der Waals surface area contributed by atoms with Gasteiger partial charge in [0.1, 0.15) is 11.9 Å². The van der Waals surface area contributed by atoms with E-state index in [1.807, 2.05) is 24.3 Å². The Hall–Kier alpha value is -0.730. The van der Waals surface area contributed by atoms with Crippen molar-refractivity contribution in [2.45, 2.75) is 58.6 Å². The Kier molecular flexibility index (Phi) is 5.34. The summed E-state index contributed by atoms with van der Waals surface area (Å²) in [6.07, 6.45) is 4.91. The first kappa shape index (κ1) is 15.7. The summed E-state index contributed by atoms with van der Waals surface area (Å²) in [5.41, 5.74) is 0.273. The molecule has 2 atom stereocenters. The molecule has 1 aliphatic carbocycles. The van der Waals surface area contributed by atoms with Crippen molar-refractivity contribution in [3.05, 3.63) is 29.3 Å². The van der Waals surface area contributed by atoms with Gasteiger partial charge in [0, 0.05) is 22.9 Å². The van der Waals surface area contributed by atoms with Gasteiger partial charge in [-0.2, -0.15) is 0 Å². The summed E-state index contributed by atoms with van der Waals surface area (Å²) in [6, 6.07) is 8.30. The highest BCUT2D eigenvalue weighted by Crippen LogP contribution is 2.49. The van der Waals surface area contributed by atoms with E-state index in [0.717, 1.165) is 36.6 Å². The topological polar surface area (TPSA) is 21.3 Å². The Morgan fingerprint density at radius 2 is 1.85 bits per heavy atom. The van der Waals surface area contributed by atoms with Gasteiger partial charge < -0.3 is 10.1 Å². The smallest absolute Gasteiger partial charge is 0.119 e. The first-order valence-corrected chi connectivity index (χ1v) is 8.19. The maximum absolute atomic E-state index is 6.21. The zero-order chi connectivity index (χ0) is 14.6. The largest absolute Gasteiger partial charge is 0.490 e. The molecule has 1 aromatic carbocycles. The molecule has 0 bridgehead atoms. The van der Waals surface area contributed by atoms with E-state index in [0.29, 0.717) is 12.1 Å². The Balaban J connectivity index is 2.03. The van der Waals surface area contributed by atoms with E-state index < -0.39 is 0 Å². The molecule has 1 aliphatic rings. The quantitative estimate of drug-likeness (QED) is 0.789. The predicted molar refractivity (Wildman–Crippen MR) is 85.6 cm³/mol. The van der Waals surface area contributed by atoms with Gasteiger partial charge in [0.15, 0.2) is 0 Å². The lowest BCUT2D eigenvalue weighted by Crippen LogP contribution is -2.64. The molecule has 0 spiro atoms. The van der Waals surface area contributed by atoms with Crippen molar-refractivity contribution < 1.29 is 4.74 Å². The summed E-state index contributed by atoms with van der Waals surface area (Å²) in [5, 5.41) is 4.44. The summed E-state index contributed by atoms with van der Waals surface area (Å²) < 4.78 is 6.21. The van der Waals surface area contributed by atoms with E-state index in [-0.39, 0.29) is 5.41 Å². The molecular formula is C17H26ClNO. The molecule has 0 aromatic heterocycles. The van der Waals surface area contributed by atoms with Crippen LogP contribution in [0.2, 0.25) is 5.02 Å². The minimum atomic E-state index is 0.273. The molecule has 2 unspecified atom stereocenters. The van der Waals surface area contributed by atoms with Gasteiger partial charge in [-0.3, -0.25) is 0 Å². The molecule has 2 nitrogen and oxygen atoms in total. The first-order chi connectivity index (χ1) is 9.66. The van der Waals surface area contributed by atoms with Crippen LogP contribution in [0.25, 0.3) is 0 Å². The summed E-state index contributed by atoms with van der Waals surface area (Å²) >= 11 is 5.92. The molecule has 0 amide bonds. The van der Waals surface area contributed by atoms with Crippen LogP contribution in [0.1, 0.15) is 46.5 Å². The highest BCUT2D eigenvalue weighted by Gasteiger charge is 2.53. The molecule has 0 radical (unpaired) electrons. The molecule has 20 heavy (non-hydrogen) atoms. The molecular weight excluding hydrogens is 270 g/mol. The van der Waals surface area contributed by atoms with Crippen LogP contribution in [0.5, 0.6) is 5.75 Å². The van der Waals surface area contributed by atoms with Gasteiger partial charge in [-0.05, 0) is 50.1 Å².